The third-order valence-electron chi connectivity index (χ3n) is 1.78. The zero-order chi connectivity index (χ0) is 12.0. The van der Waals surface area contributed by atoms with Crippen LogP contribution in [0.5, 0.6) is 0 Å². The van der Waals surface area contributed by atoms with E-state index < -0.39 is 18.0 Å². The SMILES string of the molecule is COC(=O)[C@H](C)OC(=O)[C@H](C)C=C(C)C. The van der Waals surface area contributed by atoms with E-state index in [1.165, 1.54) is 14.0 Å². The number of hydrogen-bond donors (Lipinski definition) is 0. The van der Waals surface area contributed by atoms with Gasteiger partial charge in [0.1, 0.15) is 0 Å². The van der Waals surface area contributed by atoms with E-state index in [0.29, 0.717) is 0 Å². The predicted molar refractivity (Wildman–Crippen MR) is 56.2 cm³/mol. The van der Waals surface area contributed by atoms with E-state index >= 15 is 0 Å². The zero-order valence-corrected chi connectivity index (χ0v) is 9.87. The fourth-order valence-electron chi connectivity index (χ4n) is 1.06. The standard InChI is InChI=1S/C11H18O4/c1-7(2)6-8(3)10(12)15-9(4)11(13)14-5/h6,8-9H,1-5H3/t8-,9+/m1/s1. The molecule has 0 aliphatic heterocycles. The molecule has 0 unspecified atom stereocenters. The first-order valence-corrected chi connectivity index (χ1v) is 4.81. The van der Waals surface area contributed by atoms with Gasteiger partial charge in [-0.1, -0.05) is 11.6 Å². The molecular weight excluding hydrogens is 196 g/mol. The highest BCUT2D eigenvalue weighted by molar-refractivity contribution is 5.80. The summed E-state index contributed by atoms with van der Waals surface area (Å²) in [6, 6.07) is 0. The van der Waals surface area contributed by atoms with E-state index in [1.54, 1.807) is 13.0 Å². The molecule has 0 spiro atoms. The second-order valence-corrected chi connectivity index (χ2v) is 3.63. The van der Waals surface area contributed by atoms with Gasteiger partial charge in [0.05, 0.1) is 13.0 Å². The van der Waals surface area contributed by atoms with Crippen molar-refractivity contribution in [3.05, 3.63) is 11.6 Å². The van der Waals surface area contributed by atoms with Gasteiger partial charge in [0, 0.05) is 0 Å². The van der Waals surface area contributed by atoms with Gasteiger partial charge in [0.2, 0.25) is 0 Å². The third-order valence-corrected chi connectivity index (χ3v) is 1.78. The maximum Gasteiger partial charge on any atom is 0.346 e. The van der Waals surface area contributed by atoms with Gasteiger partial charge in [-0.25, -0.2) is 4.79 Å². The van der Waals surface area contributed by atoms with E-state index in [-0.39, 0.29) is 5.92 Å². The summed E-state index contributed by atoms with van der Waals surface area (Å²) in [5, 5.41) is 0. The molecule has 0 fully saturated rings. The van der Waals surface area contributed by atoms with Crippen molar-refractivity contribution < 1.29 is 19.1 Å². The quantitative estimate of drug-likeness (QED) is 0.528. The van der Waals surface area contributed by atoms with Crippen molar-refractivity contribution in [3.63, 3.8) is 0 Å². The molecule has 86 valence electrons. The van der Waals surface area contributed by atoms with Crippen molar-refractivity contribution in [3.8, 4) is 0 Å². The Labute approximate surface area is 90.2 Å². The molecule has 0 radical (unpaired) electrons. The molecule has 0 bridgehead atoms. The molecule has 0 aromatic heterocycles. The Balaban J connectivity index is 4.25. The average Bonchev–Trinajstić information content (AvgIpc) is 2.15. The number of carbonyl (C=O) groups is 2. The lowest BCUT2D eigenvalue weighted by molar-refractivity contribution is -0.166. The fourth-order valence-corrected chi connectivity index (χ4v) is 1.06. The number of methoxy groups -OCH3 is 1. The highest BCUT2D eigenvalue weighted by Crippen LogP contribution is 2.07. The van der Waals surface area contributed by atoms with Crippen LogP contribution in [0.2, 0.25) is 0 Å². The lowest BCUT2D eigenvalue weighted by Gasteiger charge is -2.13. The smallest absolute Gasteiger partial charge is 0.346 e. The normalized spacial score (nSPS) is 13.7. The molecule has 0 aromatic carbocycles. The first-order valence-electron chi connectivity index (χ1n) is 4.81. The Bertz CT molecular complexity index is 264. The van der Waals surface area contributed by atoms with Gasteiger partial charge in [-0.05, 0) is 27.7 Å². The van der Waals surface area contributed by atoms with Crippen LogP contribution in [0.3, 0.4) is 0 Å². The molecule has 0 aliphatic carbocycles. The molecule has 0 aromatic rings. The maximum atomic E-state index is 11.4. The summed E-state index contributed by atoms with van der Waals surface area (Å²) in [7, 11) is 1.26. The number of ether oxygens (including phenoxy) is 2. The summed E-state index contributed by atoms with van der Waals surface area (Å²) in [4.78, 5) is 22.4. The van der Waals surface area contributed by atoms with Crippen molar-refractivity contribution in [1.82, 2.24) is 0 Å². The molecule has 4 heteroatoms. The van der Waals surface area contributed by atoms with Gasteiger partial charge in [-0.2, -0.15) is 0 Å². The third kappa shape index (κ3) is 5.20. The van der Waals surface area contributed by atoms with Crippen LogP contribution >= 0.6 is 0 Å². The zero-order valence-electron chi connectivity index (χ0n) is 9.87. The highest BCUT2D eigenvalue weighted by atomic mass is 16.6. The van der Waals surface area contributed by atoms with Crippen LogP contribution in [-0.4, -0.2) is 25.2 Å². The van der Waals surface area contributed by atoms with Crippen LogP contribution in [-0.2, 0) is 19.1 Å². The van der Waals surface area contributed by atoms with Crippen LogP contribution in [0, 0.1) is 5.92 Å². The number of rotatable bonds is 4. The minimum atomic E-state index is -0.851. The second kappa shape index (κ2) is 6.22. The molecule has 2 atom stereocenters. The van der Waals surface area contributed by atoms with Gasteiger partial charge >= 0.3 is 11.9 Å². The lowest BCUT2D eigenvalue weighted by atomic mass is 10.1. The Morgan fingerprint density at radius 1 is 1.13 bits per heavy atom. The van der Waals surface area contributed by atoms with Crippen LogP contribution in [0.1, 0.15) is 27.7 Å². The molecule has 0 rings (SSSR count). The summed E-state index contributed by atoms with van der Waals surface area (Å²) >= 11 is 0. The van der Waals surface area contributed by atoms with Crippen molar-refractivity contribution >= 4 is 11.9 Å². The summed E-state index contributed by atoms with van der Waals surface area (Å²) in [6.45, 7) is 7.00. The van der Waals surface area contributed by atoms with Crippen LogP contribution in [0.15, 0.2) is 11.6 Å². The monoisotopic (exact) mass is 214 g/mol. The predicted octanol–water partition coefficient (Wildman–Crippen LogP) is 1.69. The van der Waals surface area contributed by atoms with Gasteiger partial charge in [0.15, 0.2) is 6.10 Å². The topological polar surface area (TPSA) is 52.6 Å². The fraction of sp³-hybridized carbons (Fsp3) is 0.636. The van der Waals surface area contributed by atoms with Gasteiger partial charge in [-0.15, -0.1) is 0 Å². The van der Waals surface area contributed by atoms with E-state index in [4.69, 9.17) is 4.74 Å². The largest absolute Gasteiger partial charge is 0.466 e. The molecule has 0 aliphatic rings. The van der Waals surface area contributed by atoms with E-state index in [1.807, 2.05) is 13.8 Å². The van der Waals surface area contributed by atoms with Gasteiger partial charge in [0.25, 0.3) is 0 Å². The maximum absolute atomic E-state index is 11.4. The van der Waals surface area contributed by atoms with Gasteiger partial charge < -0.3 is 9.47 Å². The molecule has 0 N–H and O–H groups in total. The Hall–Kier alpha value is -1.32. The number of hydrogen-bond acceptors (Lipinski definition) is 4. The van der Waals surface area contributed by atoms with Crippen molar-refractivity contribution in [2.24, 2.45) is 5.92 Å². The van der Waals surface area contributed by atoms with E-state index in [2.05, 4.69) is 4.74 Å². The average molecular weight is 214 g/mol. The van der Waals surface area contributed by atoms with Gasteiger partial charge in [-0.3, -0.25) is 4.79 Å². The Kier molecular flexibility index (Phi) is 5.67. The Morgan fingerprint density at radius 2 is 1.67 bits per heavy atom. The van der Waals surface area contributed by atoms with Crippen molar-refractivity contribution in [2.75, 3.05) is 7.11 Å². The van der Waals surface area contributed by atoms with Crippen LogP contribution in [0.4, 0.5) is 0 Å². The minimum absolute atomic E-state index is 0.345. The summed E-state index contributed by atoms with van der Waals surface area (Å²) < 4.78 is 9.35. The molecule has 4 nitrogen and oxygen atoms in total. The first-order chi connectivity index (χ1) is 6.88. The summed E-state index contributed by atoms with van der Waals surface area (Å²) in [5.41, 5.74) is 1.03. The molecule has 0 saturated carbocycles. The number of carbonyl (C=O) groups excluding carboxylic acids is 2. The minimum Gasteiger partial charge on any atom is -0.466 e. The number of esters is 2. The summed E-state index contributed by atoms with van der Waals surface area (Å²) in [5.74, 6) is -1.32. The summed E-state index contributed by atoms with van der Waals surface area (Å²) in [6.07, 6.45) is 0.933. The van der Waals surface area contributed by atoms with E-state index in [9.17, 15) is 9.59 Å². The molecule has 15 heavy (non-hydrogen) atoms. The van der Waals surface area contributed by atoms with Crippen molar-refractivity contribution in [2.45, 2.75) is 33.8 Å². The van der Waals surface area contributed by atoms with Crippen LogP contribution in [0.25, 0.3) is 0 Å². The first kappa shape index (κ1) is 13.7. The highest BCUT2D eigenvalue weighted by Gasteiger charge is 2.20. The second-order valence-electron chi connectivity index (χ2n) is 3.63. The Morgan fingerprint density at radius 3 is 2.07 bits per heavy atom. The van der Waals surface area contributed by atoms with Crippen LogP contribution < -0.4 is 0 Å². The van der Waals surface area contributed by atoms with Crippen molar-refractivity contribution in [1.29, 1.82) is 0 Å². The molecular formula is C11H18O4. The molecule has 0 saturated heterocycles. The number of allylic oxidation sites excluding steroid dienone is 1. The molecule has 0 heterocycles. The van der Waals surface area contributed by atoms with E-state index in [0.717, 1.165) is 5.57 Å². The molecule has 0 amide bonds. The lowest BCUT2D eigenvalue weighted by Crippen LogP contribution is -2.27.